The molecular weight excluding hydrogens is 272 g/mol. The van der Waals surface area contributed by atoms with E-state index in [1.54, 1.807) is 11.9 Å². The van der Waals surface area contributed by atoms with E-state index in [4.69, 9.17) is 11.6 Å². The summed E-state index contributed by atoms with van der Waals surface area (Å²) in [4.78, 5) is 13.8. The number of benzene rings is 1. The monoisotopic (exact) mass is 290 g/mol. The zero-order chi connectivity index (χ0) is 14.6. The Morgan fingerprint density at radius 3 is 2.55 bits per heavy atom. The molecule has 106 valence electrons. The summed E-state index contributed by atoms with van der Waals surface area (Å²) < 4.78 is 0. The van der Waals surface area contributed by atoms with Crippen molar-refractivity contribution in [1.29, 1.82) is 5.26 Å². The summed E-state index contributed by atoms with van der Waals surface area (Å²) in [6, 6.07) is 10.0. The van der Waals surface area contributed by atoms with Gasteiger partial charge in [-0.25, -0.2) is 0 Å². The van der Waals surface area contributed by atoms with Crippen LogP contribution in [0.4, 0.5) is 0 Å². The van der Waals surface area contributed by atoms with E-state index in [0.717, 1.165) is 37.1 Å². The summed E-state index contributed by atoms with van der Waals surface area (Å²) in [5.74, 6) is 0.0696. The standard InChI is InChI=1S/C16H19ClN2O/c1-19(16(12-18)10-3-11-16)15(20)5-2-4-13-6-8-14(17)9-7-13/h6-9H,2-5,10-11H2,1H3. The molecule has 0 aliphatic heterocycles. The second-order valence-electron chi connectivity index (χ2n) is 5.43. The van der Waals surface area contributed by atoms with Crippen LogP contribution in [0.2, 0.25) is 5.02 Å². The van der Waals surface area contributed by atoms with E-state index >= 15 is 0 Å². The van der Waals surface area contributed by atoms with Crippen LogP contribution in [0, 0.1) is 11.3 Å². The first kappa shape index (κ1) is 14.9. The van der Waals surface area contributed by atoms with Crippen LogP contribution in [0.5, 0.6) is 0 Å². The lowest BCUT2D eigenvalue weighted by atomic mass is 9.76. The SMILES string of the molecule is CN(C(=O)CCCc1ccc(Cl)cc1)C1(C#N)CCC1. The summed E-state index contributed by atoms with van der Waals surface area (Å²) >= 11 is 5.83. The fourth-order valence-electron chi connectivity index (χ4n) is 2.54. The third-order valence-electron chi connectivity index (χ3n) is 4.17. The van der Waals surface area contributed by atoms with Crippen molar-refractivity contribution in [2.45, 2.75) is 44.1 Å². The van der Waals surface area contributed by atoms with Gasteiger partial charge in [0.2, 0.25) is 5.91 Å². The predicted molar refractivity (Wildman–Crippen MR) is 79.4 cm³/mol. The van der Waals surface area contributed by atoms with Crippen LogP contribution in [0.25, 0.3) is 0 Å². The van der Waals surface area contributed by atoms with Crippen LogP contribution >= 0.6 is 11.6 Å². The molecule has 4 heteroatoms. The first-order valence-corrected chi connectivity index (χ1v) is 7.37. The lowest BCUT2D eigenvalue weighted by Gasteiger charge is -2.43. The van der Waals surface area contributed by atoms with Gasteiger partial charge in [0.25, 0.3) is 0 Å². The van der Waals surface area contributed by atoms with Gasteiger partial charge >= 0.3 is 0 Å². The highest BCUT2D eigenvalue weighted by Gasteiger charge is 2.43. The third-order valence-corrected chi connectivity index (χ3v) is 4.43. The minimum Gasteiger partial charge on any atom is -0.327 e. The number of rotatable bonds is 5. The normalized spacial score (nSPS) is 16.1. The van der Waals surface area contributed by atoms with Gasteiger partial charge in [-0.2, -0.15) is 5.26 Å². The molecule has 1 aliphatic rings. The number of carbonyl (C=O) groups is 1. The topological polar surface area (TPSA) is 44.1 Å². The number of amides is 1. The van der Waals surface area contributed by atoms with Crippen molar-refractivity contribution in [2.24, 2.45) is 0 Å². The summed E-state index contributed by atoms with van der Waals surface area (Å²) in [5, 5.41) is 9.96. The second kappa shape index (κ2) is 6.28. The molecule has 20 heavy (non-hydrogen) atoms. The molecule has 0 aromatic heterocycles. The van der Waals surface area contributed by atoms with Gasteiger partial charge in [-0.1, -0.05) is 23.7 Å². The number of aryl methyl sites for hydroxylation is 1. The zero-order valence-electron chi connectivity index (χ0n) is 11.7. The number of carbonyl (C=O) groups excluding carboxylic acids is 1. The minimum absolute atomic E-state index is 0.0696. The average molecular weight is 291 g/mol. The van der Waals surface area contributed by atoms with E-state index < -0.39 is 5.54 Å². The van der Waals surface area contributed by atoms with Crippen LogP contribution in [-0.2, 0) is 11.2 Å². The molecule has 1 aromatic carbocycles. The lowest BCUT2D eigenvalue weighted by molar-refractivity contribution is -0.136. The van der Waals surface area contributed by atoms with E-state index in [1.807, 2.05) is 24.3 Å². The van der Waals surface area contributed by atoms with Gasteiger partial charge in [0.15, 0.2) is 0 Å². The van der Waals surface area contributed by atoms with Crippen molar-refractivity contribution in [1.82, 2.24) is 4.90 Å². The Morgan fingerprint density at radius 2 is 2.05 bits per heavy atom. The number of hydrogen-bond acceptors (Lipinski definition) is 2. The summed E-state index contributed by atoms with van der Waals surface area (Å²) in [6.07, 6.45) is 4.80. The van der Waals surface area contributed by atoms with Gasteiger partial charge in [0, 0.05) is 18.5 Å². The smallest absolute Gasteiger partial charge is 0.223 e. The van der Waals surface area contributed by atoms with Crippen LogP contribution < -0.4 is 0 Å². The Morgan fingerprint density at radius 1 is 1.40 bits per heavy atom. The van der Waals surface area contributed by atoms with E-state index in [2.05, 4.69) is 6.07 Å². The Balaban J connectivity index is 1.80. The molecule has 3 nitrogen and oxygen atoms in total. The largest absolute Gasteiger partial charge is 0.327 e. The number of nitrogens with zero attached hydrogens (tertiary/aromatic N) is 2. The van der Waals surface area contributed by atoms with Crippen molar-refractivity contribution in [3.63, 3.8) is 0 Å². The highest BCUT2D eigenvalue weighted by atomic mass is 35.5. The first-order valence-electron chi connectivity index (χ1n) is 7.00. The van der Waals surface area contributed by atoms with Gasteiger partial charge in [-0.05, 0) is 49.8 Å². The molecule has 0 radical (unpaired) electrons. The molecule has 1 aliphatic carbocycles. The molecule has 1 saturated carbocycles. The van der Waals surface area contributed by atoms with Crippen molar-refractivity contribution < 1.29 is 4.79 Å². The van der Waals surface area contributed by atoms with Crippen molar-refractivity contribution in [2.75, 3.05) is 7.05 Å². The van der Waals surface area contributed by atoms with Gasteiger partial charge in [0.1, 0.15) is 5.54 Å². The highest BCUT2D eigenvalue weighted by molar-refractivity contribution is 6.30. The molecule has 0 saturated heterocycles. The molecule has 2 rings (SSSR count). The maximum Gasteiger partial charge on any atom is 0.223 e. The van der Waals surface area contributed by atoms with Crippen LogP contribution in [0.1, 0.15) is 37.7 Å². The molecule has 0 heterocycles. The quantitative estimate of drug-likeness (QED) is 0.832. The first-order chi connectivity index (χ1) is 9.57. The summed E-state index contributed by atoms with van der Waals surface area (Å²) in [7, 11) is 1.76. The van der Waals surface area contributed by atoms with Crippen molar-refractivity contribution in [3.05, 3.63) is 34.9 Å². The maximum atomic E-state index is 12.1. The fourth-order valence-corrected chi connectivity index (χ4v) is 2.66. The van der Waals surface area contributed by atoms with Gasteiger partial charge in [0.05, 0.1) is 6.07 Å². The van der Waals surface area contributed by atoms with Crippen molar-refractivity contribution >= 4 is 17.5 Å². The third kappa shape index (κ3) is 3.13. The number of hydrogen-bond donors (Lipinski definition) is 0. The van der Waals surface area contributed by atoms with Gasteiger partial charge in [-0.15, -0.1) is 0 Å². The zero-order valence-corrected chi connectivity index (χ0v) is 12.5. The van der Waals surface area contributed by atoms with Crippen molar-refractivity contribution in [3.8, 4) is 6.07 Å². The van der Waals surface area contributed by atoms with E-state index in [0.29, 0.717) is 6.42 Å². The molecule has 1 fully saturated rings. The number of halogens is 1. The predicted octanol–water partition coefficient (Wildman–Crippen LogP) is 3.57. The van der Waals surface area contributed by atoms with Gasteiger partial charge < -0.3 is 4.90 Å². The fraction of sp³-hybridized carbons (Fsp3) is 0.500. The van der Waals surface area contributed by atoms with Gasteiger partial charge in [-0.3, -0.25) is 4.79 Å². The number of nitriles is 1. The Bertz CT molecular complexity index is 514. The Labute approximate surface area is 125 Å². The Kier molecular flexibility index (Phi) is 4.67. The molecule has 0 N–H and O–H groups in total. The second-order valence-corrected chi connectivity index (χ2v) is 5.87. The lowest BCUT2D eigenvalue weighted by Crippen LogP contribution is -2.53. The molecular formula is C16H19ClN2O. The van der Waals surface area contributed by atoms with E-state index in [9.17, 15) is 10.1 Å². The van der Waals surface area contributed by atoms with E-state index in [-0.39, 0.29) is 5.91 Å². The highest BCUT2D eigenvalue weighted by Crippen LogP contribution is 2.36. The molecule has 0 bridgehead atoms. The molecule has 0 unspecified atom stereocenters. The summed E-state index contributed by atoms with van der Waals surface area (Å²) in [5.41, 5.74) is 0.653. The Hall–Kier alpha value is -1.53. The van der Waals surface area contributed by atoms with E-state index in [1.165, 1.54) is 5.56 Å². The molecule has 0 spiro atoms. The molecule has 1 aromatic rings. The molecule has 0 atom stereocenters. The maximum absolute atomic E-state index is 12.1. The molecule has 1 amide bonds. The van der Waals surface area contributed by atoms with Crippen LogP contribution in [-0.4, -0.2) is 23.4 Å². The minimum atomic E-state index is -0.530. The summed E-state index contributed by atoms with van der Waals surface area (Å²) in [6.45, 7) is 0. The van der Waals surface area contributed by atoms with Crippen LogP contribution in [0.15, 0.2) is 24.3 Å². The van der Waals surface area contributed by atoms with Crippen LogP contribution in [0.3, 0.4) is 0 Å². The average Bonchev–Trinajstić information content (AvgIpc) is 2.40.